The SMILES string of the molecule is CCOc1ccc(C(COC)NC(=O)c2cc(C#N)oc2C)cc1. The van der Waals surface area contributed by atoms with Crippen LogP contribution in [0.1, 0.15) is 40.4 Å². The Hall–Kier alpha value is -2.78. The van der Waals surface area contributed by atoms with Crippen molar-refractivity contribution in [3.05, 3.63) is 53.0 Å². The highest BCUT2D eigenvalue weighted by molar-refractivity contribution is 5.95. The highest BCUT2D eigenvalue weighted by Crippen LogP contribution is 2.20. The number of aryl methyl sites for hydroxylation is 1. The molecule has 0 spiro atoms. The van der Waals surface area contributed by atoms with E-state index in [0.717, 1.165) is 11.3 Å². The first-order valence-corrected chi connectivity index (χ1v) is 7.62. The van der Waals surface area contributed by atoms with Gasteiger partial charge in [0.15, 0.2) is 0 Å². The number of benzene rings is 1. The number of hydrogen-bond acceptors (Lipinski definition) is 5. The summed E-state index contributed by atoms with van der Waals surface area (Å²) in [4.78, 5) is 12.5. The lowest BCUT2D eigenvalue weighted by molar-refractivity contribution is 0.0895. The normalized spacial score (nSPS) is 11.6. The van der Waals surface area contributed by atoms with Gasteiger partial charge in [-0.2, -0.15) is 5.26 Å². The van der Waals surface area contributed by atoms with E-state index in [1.54, 1.807) is 14.0 Å². The largest absolute Gasteiger partial charge is 0.494 e. The average molecular weight is 328 g/mol. The first-order chi connectivity index (χ1) is 11.6. The van der Waals surface area contributed by atoms with Gasteiger partial charge in [-0.05, 0) is 31.5 Å². The first kappa shape index (κ1) is 17.6. The van der Waals surface area contributed by atoms with Crippen LogP contribution in [0.15, 0.2) is 34.7 Å². The van der Waals surface area contributed by atoms with Gasteiger partial charge in [-0.1, -0.05) is 12.1 Å². The van der Waals surface area contributed by atoms with E-state index in [1.165, 1.54) is 6.07 Å². The summed E-state index contributed by atoms with van der Waals surface area (Å²) < 4.78 is 15.8. The molecule has 24 heavy (non-hydrogen) atoms. The molecular formula is C18H20N2O4. The molecule has 2 aromatic rings. The standard InChI is InChI=1S/C18H20N2O4/c1-4-23-14-7-5-13(6-8-14)17(11-22-3)20-18(21)16-9-15(10-19)24-12(16)2/h5-9,17H,4,11H2,1-3H3,(H,20,21). The van der Waals surface area contributed by atoms with Crippen LogP contribution < -0.4 is 10.1 Å². The summed E-state index contributed by atoms with van der Waals surface area (Å²) in [5.74, 6) is 0.982. The molecule has 2 rings (SSSR count). The lowest BCUT2D eigenvalue weighted by atomic mass is 10.1. The summed E-state index contributed by atoms with van der Waals surface area (Å²) in [6.07, 6.45) is 0. The fourth-order valence-corrected chi connectivity index (χ4v) is 2.35. The molecule has 0 aliphatic rings. The molecule has 0 fully saturated rings. The van der Waals surface area contributed by atoms with E-state index in [2.05, 4.69) is 5.32 Å². The van der Waals surface area contributed by atoms with E-state index in [4.69, 9.17) is 19.2 Å². The number of nitriles is 1. The highest BCUT2D eigenvalue weighted by atomic mass is 16.5. The summed E-state index contributed by atoms with van der Waals surface area (Å²) in [6, 6.07) is 10.5. The first-order valence-electron chi connectivity index (χ1n) is 7.62. The number of methoxy groups -OCH3 is 1. The average Bonchev–Trinajstić information content (AvgIpc) is 2.96. The van der Waals surface area contributed by atoms with E-state index < -0.39 is 0 Å². The minimum absolute atomic E-state index is 0.113. The molecule has 1 atom stereocenters. The molecule has 1 amide bonds. The zero-order chi connectivity index (χ0) is 17.5. The molecule has 0 bridgehead atoms. The van der Waals surface area contributed by atoms with Gasteiger partial charge in [0, 0.05) is 13.2 Å². The number of amides is 1. The zero-order valence-corrected chi connectivity index (χ0v) is 14.0. The Kier molecular flexibility index (Phi) is 5.99. The molecule has 0 aliphatic carbocycles. The monoisotopic (exact) mass is 328 g/mol. The predicted octanol–water partition coefficient (Wildman–Crippen LogP) is 2.98. The van der Waals surface area contributed by atoms with Crippen molar-refractivity contribution in [3.8, 4) is 11.8 Å². The van der Waals surface area contributed by atoms with E-state index in [-0.39, 0.29) is 17.7 Å². The number of rotatable bonds is 7. The van der Waals surface area contributed by atoms with Gasteiger partial charge in [-0.25, -0.2) is 0 Å². The lowest BCUT2D eigenvalue weighted by Gasteiger charge is -2.18. The molecule has 0 saturated carbocycles. The number of ether oxygens (including phenoxy) is 2. The van der Waals surface area contributed by atoms with Crippen molar-refractivity contribution < 1.29 is 18.7 Å². The number of furan rings is 1. The topological polar surface area (TPSA) is 84.5 Å². The molecule has 1 aromatic heterocycles. The molecule has 126 valence electrons. The summed E-state index contributed by atoms with van der Waals surface area (Å²) in [5.41, 5.74) is 1.24. The Morgan fingerprint density at radius 2 is 2.08 bits per heavy atom. The molecule has 6 nitrogen and oxygen atoms in total. The number of nitrogens with one attached hydrogen (secondary N) is 1. The smallest absolute Gasteiger partial charge is 0.255 e. The third-order valence-corrected chi connectivity index (χ3v) is 3.50. The Morgan fingerprint density at radius 1 is 1.38 bits per heavy atom. The molecule has 1 aromatic carbocycles. The van der Waals surface area contributed by atoms with Crippen molar-refractivity contribution in [1.82, 2.24) is 5.32 Å². The van der Waals surface area contributed by atoms with Crippen LogP contribution in [-0.2, 0) is 4.74 Å². The Bertz CT molecular complexity index is 728. The van der Waals surface area contributed by atoms with Gasteiger partial charge in [-0.3, -0.25) is 4.79 Å². The third kappa shape index (κ3) is 4.15. The number of carbonyl (C=O) groups excluding carboxylic acids is 1. The van der Waals surface area contributed by atoms with E-state index in [1.807, 2.05) is 37.3 Å². The summed E-state index contributed by atoms with van der Waals surface area (Å²) in [6.45, 7) is 4.49. The van der Waals surface area contributed by atoms with Gasteiger partial charge in [0.25, 0.3) is 5.91 Å². The summed E-state index contributed by atoms with van der Waals surface area (Å²) in [5, 5.41) is 11.8. The van der Waals surface area contributed by atoms with Gasteiger partial charge < -0.3 is 19.2 Å². The summed E-state index contributed by atoms with van der Waals surface area (Å²) >= 11 is 0. The lowest BCUT2D eigenvalue weighted by Crippen LogP contribution is -2.31. The molecule has 1 heterocycles. The predicted molar refractivity (Wildman–Crippen MR) is 87.9 cm³/mol. The fourth-order valence-electron chi connectivity index (χ4n) is 2.35. The second kappa shape index (κ2) is 8.18. The number of nitrogens with zero attached hydrogens (tertiary/aromatic N) is 1. The maximum Gasteiger partial charge on any atom is 0.255 e. The van der Waals surface area contributed by atoms with E-state index in [0.29, 0.717) is 24.5 Å². The molecule has 0 radical (unpaired) electrons. The van der Waals surface area contributed by atoms with Crippen molar-refractivity contribution in [2.75, 3.05) is 20.3 Å². The molecule has 0 aliphatic heterocycles. The second-order valence-electron chi connectivity index (χ2n) is 5.18. The van der Waals surface area contributed by atoms with Gasteiger partial charge in [-0.15, -0.1) is 0 Å². The Labute approximate surface area is 141 Å². The molecule has 1 N–H and O–H groups in total. The van der Waals surface area contributed by atoms with Gasteiger partial charge in [0.2, 0.25) is 5.76 Å². The Morgan fingerprint density at radius 3 is 2.62 bits per heavy atom. The van der Waals surface area contributed by atoms with Gasteiger partial charge in [0.05, 0.1) is 24.8 Å². The highest BCUT2D eigenvalue weighted by Gasteiger charge is 2.20. The number of carbonyl (C=O) groups is 1. The van der Waals surface area contributed by atoms with Crippen LogP contribution in [0.2, 0.25) is 0 Å². The molecule has 0 saturated heterocycles. The Balaban J connectivity index is 2.16. The van der Waals surface area contributed by atoms with Crippen molar-refractivity contribution in [1.29, 1.82) is 5.26 Å². The molecular weight excluding hydrogens is 308 g/mol. The van der Waals surface area contributed by atoms with Gasteiger partial charge in [0.1, 0.15) is 17.6 Å². The zero-order valence-electron chi connectivity index (χ0n) is 14.0. The van der Waals surface area contributed by atoms with Crippen LogP contribution in [0.4, 0.5) is 0 Å². The van der Waals surface area contributed by atoms with Crippen LogP contribution in [-0.4, -0.2) is 26.2 Å². The number of hydrogen-bond donors (Lipinski definition) is 1. The molecule has 6 heteroatoms. The minimum Gasteiger partial charge on any atom is -0.494 e. The van der Waals surface area contributed by atoms with E-state index in [9.17, 15) is 4.79 Å². The van der Waals surface area contributed by atoms with Gasteiger partial charge >= 0.3 is 0 Å². The molecule has 1 unspecified atom stereocenters. The fraction of sp³-hybridized carbons (Fsp3) is 0.333. The maximum absolute atomic E-state index is 12.5. The van der Waals surface area contributed by atoms with Crippen LogP contribution in [0.3, 0.4) is 0 Å². The van der Waals surface area contributed by atoms with Crippen molar-refractivity contribution in [2.45, 2.75) is 19.9 Å². The van der Waals surface area contributed by atoms with Crippen LogP contribution in [0.25, 0.3) is 0 Å². The third-order valence-electron chi connectivity index (χ3n) is 3.50. The van der Waals surface area contributed by atoms with Crippen LogP contribution in [0, 0.1) is 18.3 Å². The summed E-state index contributed by atoms with van der Waals surface area (Å²) in [7, 11) is 1.57. The second-order valence-corrected chi connectivity index (χ2v) is 5.18. The maximum atomic E-state index is 12.5. The van der Waals surface area contributed by atoms with Crippen molar-refractivity contribution in [3.63, 3.8) is 0 Å². The quantitative estimate of drug-likeness (QED) is 0.844. The van der Waals surface area contributed by atoms with Crippen molar-refractivity contribution in [2.24, 2.45) is 0 Å². The van der Waals surface area contributed by atoms with Crippen LogP contribution in [0.5, 0.6) is 5.75 Å². The van der Waals surface area contributed by atoms with Crippen molar-refractivity contribution >= 4 is 5.91 Å². The van der Waals surface area contributed by atoms with E-state index >= 15 is 0 Å². The minimum atomic E-state index is -0.321. The van der Waals surface area contributed by atoms with Crippen LogP contribution >= 0.6 is 0 Å².